The monoisotopic (exact) mass is 560 g/mol. The number of allylic oxidation sites excluding steroid dienone is 6. The molecular formula is C31H28O10. The van der Waals surface area contributed by atoms with Crippen molar-refractivity contribution in [3.63, 3.8) is 0 Å². The van der Waals surface area contributed by atoms with Gasteiger partial charge in [-0.15, -0.1) is 0 Å². The first kappa shape index (κ1) is 28.9. The van der Waals surface area contributed by atoms with E-state index in [1.165, 1.54) is 24.3 Å². The van der Waals surface area contributed by atoms with Gasteiger partial charge in [0.05, 0.1) is 0 Å². The molecule has 41 heavy (non-hydrogen) atoms. The minimum atomic E-state index is -2.15. The van der Waals surface area contributed by atoms with E-state index in [4.69, 9.17) is 9.47 Å². The number of benzene rings is 2. The minimum absolute atomic E-state index is 0.168. The van der Waals surface area contributed by atoms with Gasteiger partial charge < -0.3 is 29.9 Å². The maximum Gasteiger partial charge on any atom is 0.325 e. The van der Waals surface area contributed by atoms with Crippen LogP contribution in [-0.2, 0) is 19.2 Å². The smallest absolute Gasteiger partial charge is 0.325 e. The van der Waals surface area contributed by atoms with E-state index in [2.05, 4.69) is 0 Å². The molecule has 2 aromatic carbocycles. The third kappa shape index (κ3) is 5.49. The van der Waals surface area contributed by atoms with Crippen LogP contribution in [0.15, 0.2) is 96.5 Å². The summed E-state index contributed by atoms with van der Waals surface area (Å²) in [4.78, 5) is 47.3. The van der Waals surface area contributed by atoms with Crippen LogP contribution in [0.1, 0.15) is 43.2 Å². The fourth-order valence-electron chi connectivity index (χ4n) is 4.95. The molecule has 0 saturated carbocycles. The number of hydrogen-bond donors (Lipinski definition) is 4. The Morgan fingerprint density at radius 3 is 1.39 bits per heavy atom. The molecule has 0 heterocycles. The minimum Gasteiger partial charge on any atom is -0.480 e. The topological polar surface area (TPSA) is 168 Å². The van der Waals surface area contributed by atoms with Gasteiger partial charge in [0, 0.05) is 29.9 Å². The van der Waals surface area contributed by atoms with Crippen LogP contribution in [0.2, 0.25) is 0 Å². The molecule has 0 saturated heterocycles. The third-order valence-electron chi connectivity index (χ3n) is 7.24. The van der Waals surface area contributed by atoms with E-state index in [0.29, 0.717) is 17.9 Å². The van der Waals surface area contributed by atoms with Crippen LogP contribution in [0.4, 0.5) is 0 Å². The zero-order valence-electron chi connectivity index (χ0n) is 22.0. The van der Waals surface area contributed by atoms with Crippen LogP contribution in [-0.4, -0.2) is 44.3 Å². The molecule has 0 atom stereocenters. The number of aliphatic carboxylic acids is 4. The first-order chi connectivity index (χ1) is 19.5. The van der Waals surface area contributed by atoms with Crippen molar-refractivity contribution in [2.24, 2.45) is 10.8 Å². The Labute approximate surface area is 235 Å². The molecule has 212 valence electrons. The van der Waals surface area contributed by atoms with Gasteiger partial charge in [-0.25, -0.2) is 0 Å². The molecule has 0 fully saturated rings. The van der Waals surface area contributed by atoms with Gasteiger partial charge in [-0.1, -0.05) is 67.6 Å². The second-order valence-corrected chi connectivity index (χ2v) is 9.74. The Morgan fingerprint density at radius 1 is 0.683 bits per heavy atom. The van der Waals surface area contributed by atoms with Gasteiger partial charge >= 0.3 is 23.9 Å². The molecular weight excluding hydrogens is 532 g/mol. The third-order valence-corrected chi connectivity index (χ3v) is 7.24. The number of ether oxygens (including phenoxy) is 2. The van der Waals surface area contributed by atoms with E-state index in [0.717, 1.165) is 23.3 Å². The molecule has 10 nitrogen and oxygen atoms in total. The van der Waals surface area contributed by atoms with Gasteiger partial charge in [0.25, 0.3) is 0 Å². The van der Waals surface area contributed by atoms with Gasteiger partial charge in [0.2, 0.25) is 0 Å². The first-order valence-electron chi connectivity index (χ1n) is 12.8. The van der Waals surface area contributed by atoms with Crippen molar-refractivity contribution < 1.29 is 49.1 Å². The summed E-state index contributed by atoms with van der Waals surface area (Å²) in [7, 11) is 0. The predicted octanol–water partition coefficient (Wildman–Crippen LogP) is 4.98. The zero-order valence-corrected chi connectivity index (χ0v) is 22.0. The molecule has 0 spiro atoms. The lowest BCUT2D eigenvalue weighted by atomic mass is 9.81. The molecule has 0 bridgehead atoms. The Kier molecular flexibility index (Phi) is 8.13. The number of rotatable bonds is 11. The van der Waals surface area contributed by atoms with E-state index in [1.807, 2.05) is 31.2 Å². The number of carboxylic acid groups (broad SMARTS) is 4. The first-order valence-corrected chi connectivity index (χ1v) is 12.8. The van der Waals surface area contributed by atoms with Crippen molar-refractivity contribution in [3.8, 4) is 11.5 Å². The Balaban J connectivity index is 1.65. The van der Waals surface area contributed by atoms with Gasteiger partial charge in [0.1, 0.15) is 23.0 Å². The molecule has 2 aliphatic carbocycles. The average Bonchev–Trinajstić information content (AvgIpc) is 2.95. The Morgan fingerprint density at radius 2 is 1.05 bits per heavy atom. The molecule has 0 unspecified atom stereocenters. The van der Waals surface area contributed by atoms with E-state index in [1.54, 1.807) is 24.3 Å². The maximum absolute atomic E-state index is 11.8. The second kappa shape index (κ2) is 11.5. The zero-order chi connectivity index (χ0) is 29.8. The average molecular weight is 561 g/mol. The number of para-hydroxylation sites is 2. The van der Waals surface area contributed by atoms with Crippen LogP contribution in [0, 0.1) is 10.8 Å². The number of carbonyl (C=O) groups is 4. The van der Waals surface area contributed by atoms with Crippen molar-refractivity contribution in [1.82, 2.24) is 0 Å². The summed E-state index contributed by atoms with van der Waals surface area (Å²) in [6, 6.07) is 14.2. The van der Waals surface area contributed by atoms with Crippen LogP contribution in [0.25, 0.3) is 0 Å². The van der Waals surface area contributed by atoms with Crippen molar-refractivity contribution in [2.75, 3.05) is 0 Å². The fourth-order valence-corrected chi connectivity index (χ4v) is 4.95. The summed E-state index contributed by atoms with van der Waals surface area (Å²) in [6.45, 7) is 1.95. The summed E-state index contributed by atoms with van der Waals surface area (Å²) < 4.78 is 12.2. The van der Waals surface area contributed by atoms with Crippen LogP contribution < -0.4 is 9.47 Å². The summed E-state index contributed by atoms with van der Waals surface area (Å²) in [6.07, 6.45) is 7.81. The van der Waals surface area contributed by atoms with Crippen LogP contribution >= 0.6 is 0 Å². The van der Waals surface area contributed by atoms with Crippen molar-refractivity contribution in [3.05, 3.63) is 108 Å². The maximum atomic E-state index is 11.8. The highest BCUT2D eigenvalue weighted by molar-refractivity contribution is 6.01. The van der Waals surface area contributed by atoms with E-state index in [9.17, 15) is 39.6 Å². The van der Waals surface area contributed by atoms with Crippen molar-refractivity contribution in [2.45, 2.75) is 32.1 Å². The second-order valence-electron chi connectivity index (χ2n) is 9.74. The van der Waals surface area contributed by atoms with Crippen molar-refractivity contribution >= 4 is 23.9 Å². The van der Waals surface area contributed by atoms with Gasteiger partial charge in [-0.05, 0) is 30.7 Å². The van der Waals surface area contributed by atoms with Crippen LogP contribution in [0.5, 0.6) is 11.5 Å². The quantitative estimate of drug-likeness (QED) is 0.275. The Bertz CT molecular complexity index is 1370. The number of carboxylic acids is 4. The summed E-state index contributed by atoms with van der Waals surface area (Å²) >= 11 is 0. The summed E-state index contributed by atoms with van der Waals surface area (Å²) in [5.41, 5.74) is -2.85. The molecule has 2 aromatic rings. The van der Waals surface area contributed by atoms with E-state index in [-0.39, 0.29) is 30.3 Å². The van der Waals surface area contributed by atoms with Gasteiger partial charge in [-0.2, -0.15) is 0 Å². The standard InChI is InChI=1S/C31H28O10/c1-2-21(22-11-3-5-13-24(22)40-19-9-7-15-30(17-19,26(32)33)27(34)35)23-12-4-6-14-25(23)41-20-10-8-16-31(18-20,28(36)37)29(38)39/h3-16,21H,2,17-18H2,1H3,(H,32,33)(H,34,35)(H,36,37)(H,38,39). The van der Waals surface area contributed by atoms with Crippen molar-refractivity contribution in [1.29, 1.82) is 0 Å². The molecule has 0 aromatic heterocycles. The molecule has 0 amide bonds. The highest BCUT2D eigenvalue weighted by atomic mass is 16.5. The largest absolute Gasteiger partial charge is 0.480 e. The molecule has 4 rings (SSSR count). The predicted molar refractivity (Wildman–Crippen MR) is 145 cm³/mol. The highest BCUT2D eigenvalue weighted by Gasteiger charge is 2.47. The highest BCUT2D eigenvalue weighted by Crippen LogP contribution is 2.42. The van der Waals surface area contributed by atoms with E-state index < -0.39 is 34.7 Å². The van der Waals surface area contributed by atoms with Crippen LogP contribution in [0.3, 0.4) is 0 Å². The normalized spacial score (nSPS) is 16.8. The molecule has 0 radical (unpaired) electrons. The summed E-state index contributed by atoms with van der Waals surface area (Å²) in [5.74, 6) is -5.16. The van der Waals surface area contributed by atoms with Gasteiger partial charge in [-0.3, -0.25) is 19.2 Å². The fraction of sp³-hybridized carbons (Fsp3) is 0.226. The summed E-state index contributed by atoms with van der Waals surface area (Å²) in [5, 5.41) is 38.5. The SMILES string of the molecule is CCC(c1ccccc1OC1=CC=CC(C(=O)O)(C(=O)O)C1)c1ccccc1OC1=CC=CC(C(=O)O)(C(=O)O)C1. The molecule has 10 heteroatoms. The molecule has 4 N–H and O–H groups in total. The Hall–Kier alpha value is -5.12. The lowest BCUT2D eigenvalue weighted by Gasteiger charge is -2.28. The lowest BCUT2D eigenvalue weighted by molar-refractivity contribution is -0.162. The number of hydrogen-bond acceptors (Lipinski definition) is 6. The van der Waals surface area contributed by atoms with E-state index >= 15 is 0 Å². The molecule has 2 aliphatic rings. The molecule has 0 aliphatic heterocycles. The lowest BCUT2D eigenvalue weighted by Crippen LogP contribution is -2.39. The van der Waals surface area contributed by atoms with Gasteiger partial charge in [0.15, 0.2) is 10.8 Å².